The van der Waals surface area contributed by atoms with E-state index in [2.05, 4.69) is 47.9 Å². The predicted octanol–water partition coefficient (Wildman–Crippen LogP) is 4.78. The number of ether oxygens (including phenoxy) is 1. The second-order valence-corrected chi connectivity index (χ2v) is 9.68. The highest BCUT2D eigenvalue weighted by molar-refractivity contribution is 5.69. The standard InChI is InChI=1S/C22H34N2O2/c1-20(2,3)26-19(25)24-21(4)15-22(16-21)12-10-18(11-13-22)23-14-17-8-6-5-7-9-17/h5-9,18,23H,10-16H2,1-4H3,(H,24,25). The molecule has 0 aliphatic heterocycles. The lowest BCUT2D eigenvalue weighted by Crippen LogP contribution is -2.61. The molecule has 0 heterocycles. The van der Waals surface area contributed by atoms with Gasteiger partial charge in [0.25, 0.3) is 0 Å². The molecular weight excluding hydrogens is 324 g/mol. The molecule has 1 aromatic rings. The van der Waals surface area contributed by atoms with Crippen molar-refractivity contribution >= 4 is 6.09 Å². The van der Waals surface area contributed by atoms with E-state index < -0.39 is 5.60 Å². The topological polar surface area (TPSA) is 50.4 Å². The van der Waals surface area contributed by atoms with Crippen LogP contribution in [0.25, 0.3) is 0 Å². The second-order valence-electron chi connectivity index (χ2n) is 9.68. The van der Waals surface area contributed by atoms with Crippen molar-refractivity contribution in [1.82, 2.24) is 10.6 Å². The Labute approximate surface area is 158 Å². The number of hydrogen-bond donors (Lipinski definition) is 2. The molecule has 2 fully saturated rings. The molecule has 2 aliphatic carbocycles. The first kappa shape index (κ1) is 19.2. The van der Waals surface area contributed by atoms with E-state index in [1.807, 2.05) is 20.8 Å². The number of hydrogen-bond acceptors (Lipinski definition) is 3. The summed E-state index contributed by atoms with van der Waals surface area (Å²) in [7, 11) is 0. The SMILES string of the molecule is CC1(NC(=O)OC(C)(C)C)CC2(CCC(NCc3ccccc3)CC2)C1. The molecule has 1 spiro atoms. The van der Waals surface area contributed by atoms with E-state index in [0.29, 0.717) is 11.5 Å². The van der Waals surface area contributed by atoms with Crippen molar-refractivity contribution in [2.75, 3.05) is 0 Å². The van der Waals surface area contributed by atoms with Crippen LogP contribution in [-0.2, 0) is 11.3 Å². The molecule has 2 saturated carbocycles. The molecule has 3 rings (SSSR count). The number of nitrogens with one attached hydrogen (secondary N) is 2. The van der Waals surface area contributed by atoms with Crippen molar-refractivity contribution in [1.29, 1.82) is 0 Å². The van der Waals surface area contributed by atoms with Crippen molar-refractivity contribution in [3.8, 4) is 0 Å². The molecule has 144 valence electrons. The Balaban J connectivity index is 1.41. The summed E-state index contributed by atoms with van der Waals surface area (Å²) in [5.74, 6) is 0. The summed E-state index contributed by atoms with van der Waals surface area (Å²) in [4.78, 5) is 12.1. The molecule has 1 aromatic carbocycles. The first-order chi connectivity index (χ1) is 12.2. The van der Waals surface area contributed by atoms with Crippen LogP contribution < -0.4 is 10.6 Å². The summed E-state index contributed by atoms with van der Waals surface area (Å²) < 4.78 is 5.42. The molecule has 2 N–H and O–H groups in total. The fraction of sp³-hybridized carbons (Fsp3) is 0.682. The van der Waals surface area contributed by atoms with Crippen molar-refractivity contribution in [3.05, 3.63) is 35.9 Å². The average Bonchev–Trinajstić information content (AvgIpc) is 2.52. The molecule has 0 saturated heterocycles. The van der Waals surface area contributed by atoms with Crippen LogP contribution in [0.2, 0.25) is 0 Å². The average molecular weight is 359 g/mol. The van der Waals surface area contributed by atoms with E-state index in [-0.39, 0.29) is 11.6 Å². The third-order valence-electron chi connectivity index (χ3n) is 5.82. The lowest BCUT2D eigenvalue weighted by atomic mass is 9.52. The van der Waals surface area contributed by atoms with Gasteiger partial charge in [0.1, 0.15) is 5.60 Å². The maximum absolute atomic E-state index is 12.1. The van der Waals surface area contributed by atoms with Gasteiger partial charge in [-0.1, -0.05) is 30.3 Å². The maximum Gasteiger partial charge on any atom is 0.408 e. The van der Waals surface area contributed by atoms with Crippen molar-refractivity contribution in [2.45, 2.75) is 89.9 Å². The quantitative estimate of drug-likeness (QED) is 0.814. The lowest BCUT2D eigenvalue weighted by Gasteiger charge is -2.57. The molecule has 4 heteroatoms. The zero-order valence-corrected chi connectivity index (χ0v) is 16.7. The first-order valence-corrected chi connectivity index (χ1v) is 9.96. The third-order valence-corrected chi connectivity index (χ3v) is 5.82. The summed E-state index contributed by atoms with van der Waals surface area (Å²) in [6, 6.07) is 11.2. The highest BCUT2D eigenvalue weighted by Gasteiger charge is 2.53. The fourth-order valence-corrected chi connectivity index (χ4v) is 4.89. The number of alkyl carbamates (subject to hydrolysis) is 1. The summed E-state index contributed by atoms with van der Waals surface area (Å²) in [5.41, 5.74) is 1.23. The van der Waals surface area contributed by atoms with E-state index in [9.17, 15) is 4.79 Å². The van der Waals surface area contributed by atoms with Crippen LogP contribution in [0.1, 0.15) is 71.8 Å². The first-order valence-electron chi connectivity index (χ1n) is 9.96. The number of carbonyl (C=O) groups excluding carboxylic acids is 1. The van der Waals surface area contributed by atoms with E-state index in [4.69, 9.17) is 4.74 Å². The second kappa shape index (κ2) is 7.22. The minimum atomic E-state index is -0.440. The Morgan fingerprint density at radius 3 is 2.35 bits per heavy atom. The molecule has 26 heavy (non-hydrogen) atoms. The van der Waals surface area contributed by atoms with E-state index >= 15 is 0 Å². The smallest absolute Gasteiger partial charge is 0.408 e. The van der Waals surface area contributed by atoms with Gasteiger partial charge in [-0.05, 0) is 77.2 Å². The molecule has 2 aliphatic rings. The van der Waals surface area contributed by atoms with Gasteiger partial charge in [-0.15, -0.1) is 0 Å². The van der Waals surface area contributed by atoms with Gasteiger partial charge in [0.15, 0.2) is 0 Å². The fourth-order valence-electron chi connectivity index (χ4n) is 4.89. The maximum atomic E-state index is 12.1. The van der Waals surface area contributed by atoms with Crippen LogP contribution in [0.4, 0.5) is 4.79 Å². The lowest BCUT2D eigenvalue weighted by molar-refractivity contribution is -0.0314. The predicted molar refractivity (Wildman–Crippen MR) is 105 cm³/mol. The molecule has 4 nitrogen and oxygen atoms in total. The molecule has 0 radical (unpaired) electrons. The van der Waals surface area contributed by atoms with Crippen molar-refractivity contribution < 1.29 is 9.53 Å². The highest BCUT2D eigenvalue weighted by atomic mass is 16.6. The molecule has 0 aromatic heterocycles. The molecule has 0 atom stereocenters. The summed E-state index contributed by atoms with van der Waals surface area (Å²) in [5, 5.41) is 6.81. The van der Waals surface area contributed by atoms with Gasteiger partial charge in [-0.3, -0.25) is 0 Å². The van der Waals surface area contributed by atoms with E-state index in [1.54, 1.807) is 0 Å². The minimum Gasteiger partial charge on any atom is -0.444 e. The highest BCUT2D eigenvalue weighted by Crippen LogP contribution is 2.56. The van der Waals surface area contributed by atoms with Crippen LogP contribution >= 0.6 is 0 Å². The number of carbonyl (C=O) groups is 1. The van der Waals surface area contributed by atoms with Gasteiger partial charge in [0, 0.05) is 18.1 Å². The minimum absolute atomic E-state index is 0.105. The summed E-state index contributed by atoms with van der Waals surface area (Å²) >= 11 is 0. The Hall–Kier alpha value is -1.55. The Morgan fingerprint density at radius 1 is 1.15 bits per heavy atom. The number of benzene rings is 1. The summed E-state index contributed by atoms with van der Waals surface area (Å²) in [6.45, 7) is 8.82. The van der Waals surface area contributed by atoms with Gasteiger partial charge in [-0.25, -0.2) is 4.79 Å². The van der Waals surface area contributed by atoms with Gasteiger partial charge in [0.2, 0.25) is 0 Å². The van der Waals surface area contributed by atoms with Crippen LogP contribution in [0.15, 0.2) is 30.3 Å². The van der Waals surface area contributed by atoms with Crippen LogP contribution in [0.5, 0.6) is 0 Å². The largest absolute Gasteiger partial charge is 0.444 e. The van der Waals surface area contributed by atoms with Crippen molar-refractivity contribution in [3.63, 3.8) is 0 Å². The number of amides is 1. The summed E-state index contributed by atoms with van der Waals surface area (Å²) in [6.07, 6.45) is 6.84. The zero-order valence-electron chi connectivity index (χ0n) is 16.7. The Kier molecular flexibility index (Phi) is 5.34. The van der Waals surface area contributed by atoms with Crippen LogP contribution in [-0.4, -0.2) is 23.3 Å². The monoisotopic (exact) mass is 358 g/mol. The number of rotatable bonds is 4. The van der Waals surface area contributed by atoms with Gasteiger partial charge < -0.3 is 15.4 Å². The van der Waals surface area contributed by atoms with E-state index in [1.165, 1.54) is 31.2 Å². The normalized spacial score (nSPS) is 31.3. The zero-order chi connectivity index (χ0) is 18.8. The van der Waals surface area contributed by atoms with Gasteiger partial charge >= 0.3 is 6.09 Å². The van der Waals surface area contributed by atoms with Gasteiger partial charge in [-0.2, -0.15) is 0 Å². The van der Waals surface area contributed by atoms with E-state index in [0.717, 1.165) is 19.4 Å². The third kappa shape index (κ3) is 5.00. The molecular formula is C22H34N2O2. The molecule has 1 amide bonds. The van der Waals surface area contributed by atoms with Crippen molar-refractivity contribution in [2.24, 2.45) is 5.41 Å². The Bertz CT molecular complexity index is 605. The molecule has 0 bridgehead atoms. The van der Waals surface area contributed by atoms with Crippen LogP contribution in [0.3, 0.4) is 0 Å². The van der Waals surface area contributed by atoms with Crippen LogP contribution in [0, 0.1) is 5.41 Å². The Morgan fingerprint density at radius 2 is 1.77 bits per heavy atom. The molecule has 0 unspecified atom stereocenters. The van der Waals surface area contributed by atoms with Gasteiger partial charge in [0.05, 0.1) is 0 Å².